The van der Waals surface area contributed by atoms with Gasteiger partial charge in [-0.05, 0) is 49.7 Å². The minimum absolute atomic E-state index is 0.189. The molecule has 0 atom stereocenters. The molecule has 3 aromatic rings. The monoisotopic (exact) mass is 415 g/mol. The van der Waals surface area contributed by atoms with Crippen LogP contribution >= 0.6 is 11.6 Å². The predicted octanol–water partition coefficient (Wildman–Crippen LogP) is 4.68. The van der Waals surface area contributed by atoms with Crippen LogP contribution in [-0.4, -0.2) is 29.8 Å². The number of halogens is 1. The van der Waals surface area contributed by atoms with Crippen molar-refractivity contribution in [1.29, 1.82) is 0 Å². The average molecular weight is 416 g/mol. The Balaban J connectivity index is 1.59. The first kappa shape index (κ1) is 20.7. The molecule has 0 spiro atoms. The zero-order valence-corrected chi connectivity index (χ0v) is 17.2. The topological polar surface area (TPSA) is 86.5 Å². The van der Waals surface area contributed by atoms with Gasteiger partial charge in [-0.3, -0.25) is 4.79 Å². The van der Waals surface area contributed by atoms with Crippen LogP contribution in [0.25, 0.3) is 11.4 Å². The molecular weight excluding hydrogens is 394 g/mol. The Hall–Kier alpha value is -3.06. The van der Waals surface area contributed by atoms with Gasteiger partial charge in [-0.2, -0.15) is 4.98 Å². The van der Waals surface area contributed by atoms with Gasteiger partial charge < -0.3 is 19.3 Å². The number of ether oxygens (including phenoxy) is 2. The van der Waals surface area contributed by atoms with E-state index in [9.17, 15) is 4.79 Å². The maximum absolute atomic E-state index is 12.3. The lowest BCUT2D eigenvalue weighted by molar-refractivity contribution is -0.116. The lowest BCUT2D eigenvalue weighted by atomic mass is 10.2. The number of carbonyl (C=O) groups is 1. The molecule has 7 nitrogen and oxygen atoms in total. The number of anilines is 1. The third-order valence-corrected chi connectivity index (χ3v) is 4.62. The van der Waals surface area contributed by atoms with Crippen LogP contribution in [0.4, 0.5) is 5.69 Å². The molecule has 1 amide bonds. The first-order valence-electron chi connectivity index (χ1n) is 9.20. The number of methoxy groups -OCH3 is 1. The SMILES string of the molecule is CCOc1ccc(-c2noc(CCC(=O)Nc3cc(C)c(Cl)cc3OC)n2)cc1. The van der Waals surface area contributed by atoms with Crippen molar-refractivity contribution in [1.82, 2.24) is 10.1 Å². The Bertz CT molecular complexity index is 986. The minimum atomic E-state index is -0.189. The zero-order chi connectivity index (χ0) is 20.8. The second-order valence-corrected chi connectivity index (χ2v) is 6.73. The van der Waals surface area contributed by atoms with Crippen LogP contribution in [0.2, 0.25) is 5.02 Å². The molecule has 3 rings (SSSR count). The van der Waals surface area contributed by atoms with Crippen LogP contribution in [-0.2, 0) is 11.2 Å². The van der Waals surface area contributed by atoms with E-state index in [1.165, 1.54) is 7.11 Å². The second kappa shape index (κ2) is 9.43. The van der Waals surface area contributed by atoms with Crippen LogP contribution in [0.1, 0.15) is 24.8 Å². The van der Waals surface area contributed by atoms with E-state index in [1.807, 2.05) is 38.1 Å². The number of amides is 1. The molecule has 1 aromatic heterocycles. The molecule has 0 saturated carbocycles. The van der Waals surface area contributed by atoms with Crippen molar-refractivity contribution in [2.75, 3.05) is 19.0 Å². The van der Waals surface area contributed by atoms with Crippen molar-refractivity contribution in [3.8, 4) is 22.9 Å². The van der Waals surface area contributed by atoms with E-state index < -0.39 is 0 Å². The summed E-state index contributed by atoms with van der Waals surface area (Å²) in [6.07, 6.45) is 0.514. The van der Waals surface area contributed by atoms with Crippen molar-refractivity contribution < 1.29 is 18.8 Å². The molecule has 0 unspecified atom stereocenters. The Morgan fingerprint density at radius 1 is 1.24 bits per heavy atom. The molecule has 0 radical (unpaired) electrons. The third-order valence-electron chi connectivity index (χ3n) is 4.21. The number of nitrogens with one attached hydrogen (secondary N) is 1. The van der Waals surface area contributed by atoms with E-state index in [1.54, 1.807) is 12.1 Å². The fourth-order valence-corrected chi connectivity index (χ4v) is 2.86. The van der Waals surface area contributed by atoms with E-state index in [0.29, 0.717) is 41.2 Å². The van der Waals surface area contributed by atoms with Crippen LogP contribution < -0.4 is 14.8 Å². The summed E-state index contributed by atoms with van der Waals surface area (Å²) in [6.45, 7) is 4.40. The zero-order valence-electron chi connectivity index (χ0n) is 16.5. The molecule has 0 bridgehead atoms. The highest BCUT2D eigenvalue weighted by Crippen LogP contribution is 2.31. The molecule has 2 aromatic carbocycles. The molecule has 152 valence electrons. The number of rotatable bonds is 8. The van der Waals surface area contributed by atoms with Crippen LogP contribution in [0.15, 0.2) is 40.9 Å². The van der Waals surface area contributed by atoms with Gasteiger partial charge in [0.15, 0.2) is 0 Å². The fourth-order valence-electron chi connectivity index (χ4n) is 2.70. The number of carbonyl (C=O) groups excluding carboxylic acids is 1. The van der Waals surface area contributed by atoms with Crippen molar-refractivity contribution in [3.63, 3.8) is 0 Å². The predicted molar refractivity (Wildman–Crippen MR) is 111 cm³/mol. The van der Waals surface area contributed by atoms with Gasteiger partial charge in [0.25, 0.3) is 0 Å². The molecule has 1 N–H and O–H groups in total. The van der Waals surface area contributed by atoms with E-state index in [-0.39, 0.29) is 12.3 Å². The van der Waals surface area contributed by atoms with E-state index in [2.05, 4.69) is 15.5 Å². The first-order valence-corrected chi connectivity index (χ1v) is 9.57. The lowest BCUT2D eigenvalue weighted by Crippen LogP contribution is -2.13. The Morgan fingerprint density at radius 2 is 2.00 bits per heavy atom. The molecule has 0 saturated heterocycles. The Labute approximate surface area is 174 Å². The minimum Gasteiger partial charge on any atom is -0.495 e. The van der Waals surface area contributed by atoms with Gasteiger partial charge in [-0.15, -0.1) is 0 Å². The highest BCUT2D eigenvalue weighted by Gasteiger charge is 2.13. The summed E-state index contributed by atoms with van der Waals surface area (Å²) in [4.78, 5) is 16.7. The summed E-state index contributed by atoms with van der Waals surface area (Å²) in [5.74, 6) is 1.96. The summed E-state index contributed by atoms with van der Waals surface area (Å²) < 4.78 is 16.0. The number of aryl methyl sites for hydroxylation is 2. The summed E-state index contributed by atoms with van der Waals surface area (Å²) in [7, 11) is 1.53. The van der Waals surface area contributed by atoms with E-state index >= 15 is 0 Å². The summed E-state index contributed by atoms with van der Waals surface area (Å²) in [5, 5.41) is 7.39. The number of nitrogens with zero attached hydrogens (tertiary/aromatic N) is 2. The van der Waals surface area contributed by atoms with Gasteiger partial charge in [0.1, 0.15) is 11.5 Å². The Morgan fingerprint density at radius 3 is 2.69 bits per heavy atom. The molecule has 0 fully saturated rings. The maximum Gasteiger partial charge on any atom is 0.227 e. The van der Waals surface area contributed by atoms with Crippen LogP contribution in [0, 0.1) is 6.92 Å². The van der Waals surface area contributed by atoms with Crippen molar-refractivity contribution in [2.45, 2.75) is 26.7 Å². The lowest BCUT2D eigenvalue weighted by Gasteiger charge is -2.12. The summed E-state index contributed by atoms with van der Waals surface area (Å²) >= 11 is 6.09. The average Bonchev–Trinajstić information content (AvgIpc) is 3.19. The molecule has 29 heavy (non-hydrogen) atoms. The number of hydrogen-bond donors (Lipinski definition) is 1. The smallest absolute Gasteiger partial charge is 0.227 e. The maximum atomic E-state index is 12.3. The molecule has 0 aliphatic carbocycles. The van der Waals surface area contributed by atoms with Crippen LogP contribution in [0.5, 0.6) is 11.5 Å². The fraction of sp³-hybridized carbons (Fsp3) is 0.286. The van der Waals surface area contributed by atoms with E-state index in [0.717, 1.165) is 16.9 Å². The number of hydrogen-bond acceptors (Lipinski definition) is 6. The van der Waals surface area contributed by atoms with Crippen molar-refractivity contribution in [2.24, 2.45) is 0 Å². The van der Waals surface area contributed by atoms with Crippen LogP contribution in [0.3, 0.4) is 0 Å². The second-order valence-electron chi connectivity index (χ2n) is 6.32. The van der Waals surface area contributed by atoms with Gasteiger partial charge in [-0.25, -0.2) is 0 Å². The quantitative estimate of drug-likeness (QED) is 0.575. The van der Waals surface area contributed by atoms with Crippen molar-refractivity contribution >= 4 is 23.2 Å². The standard InChI is InChI=1S/C21H22ClN3O4/c1-4-28-15-7-5-14(6-8-15)21-24-20(29-25-21)10-9-19(26)23-17-11-13(2)16(22)12-18(17)27-3/h5-8,11-12H,4,9-10H2,1-3H3,(H,23,26). The van der Waals surface area contributed by atoms with Gasteiger partial charge in [0, 0.05) is 29.5 Å². The van der Waals surface area contributed by atoms with Gasteiger partial charge >= 0.3 is 0 Å². The first-order chi connectivity index (χ1) is 14.0. The normalized spacial score (nSPS) is 10.6. The van der Waals surface area contributed by atoms with Gasteiger partial charge in [0.2, 0.25) is 17.6 Å². The third kappa shape index (κ3) is 5.26. The molecule has 8 heteroatoms. The van der Waals surface area contributed by atoms with Crippen molar-refractivity contribution in [3.05, 3.63) is 52.9 Å². The van der Waals surface area contributed by atoms with Gasteiger partial charge in [-0.1, -0.05) is 16.8 Å². The summed E-state index contributed by atoms with van der Waals surface area (Å²) in [6, 6.07) is 10.9. The molecular formula is C21H22ClN3O4. The highest BCUT2D eigenvalue weighted by molar-refractivity contribution is 6.31. The largest absolute Gasteiger partial charge is 0.495 e. The number of benzene rings is 2. The number of aromatic nitrogens is 2. The molecule has 1 heterocycles. The van der Waals surface area contributed by atoms with E-state index in [4.69, 9.17) is 25.6 Å². The molecule has 0 aliphatic rings. The summed E-state index contributed by atoms with van der Waals surface area (Å²) in [5.41, 5.74) is 2.23. The van der Waals surface area contributed by atoms with Gasteiger partial charge in [0.05, 0.1) is 19.4 Å². The highest BCUT2D eigenvalue weighted by atomic mass is 35.5. The molecule has 0 aliphatic heterocycles. The Kier molecular flexibility index (Phi) is 6.72.